The highest BCUT2D eigenvalue weighted by molar-refractivity contribution is 5.97. The van der Waals surface area contributed by atoms with Crippen molar-refractivity contribution in [2.24, 2.45) is 0 Å². The highest BCUT2D eigenvalue weighted by Gasteiger charge is 2.19. The van der Waals surface area contributed by atoms with Crippen molar-refractivity contribution in [3.8, 4) is 0 Å². The molecule has 0 saturated carbocycles. The van der Waals surface area contributed by atoms with Crippen LogP contribution in [0.4, 0.5) is 5.69 Å². The van der Waals surface area contributed by atoms with Gasteiger partial charge in [0.05, 0.1) is 24.3 Å². The van der Waals surface area contributed by atoms with Crippen LogP contribution in [0.15, 0.2) is 18.2 Å². The van der Waals surface area contributed by atoms with E-state index < -0.39 is 11.9 Å². The number of hydrogen-bond donors (Lipinski definition) is 0. The minimum atomic E-state index is -0.589. The van der Waals surface area contributed by atoms with Gasteiger partial charge in [-0.3, -0.25) is 0 Å². The summed E-state index contributed by atoms with van der Waals surface area (Å²) in [5, 5.41) is 8.73. The lowest BCUT2D eigenvalue weighted by atomic mass is 10.1. The number of diazo groups is 1. The van der Waals surface area contributed by atoms with Gasteiger partial charge in [0.1, 0.15) is 0 Å². The van der Waals surface area contributed by atoms with E-state index in [4.69, 9.17) is 14.9 Å². The maximum atomic E-state index is 11.5. The molecular formula is C12H13N2O4+. The zero-order chi connectivity index (χ0) is 13.5. The zero-order valence-corrected chi connectivity index (χ0v) is 10.2. The van der Waals surface area contributed by atoms with Crippen LogP contribution in [0.1, 0.15) is 34.6 Å². The van der Waals surface area contributed by atoms with E-state index >= 15 is 0 Å². The van der Waals surface area contributed by atoms with Crippen molar-refractivity contribution in [2.45, 2.75) is 13.8 Å². The molecule has 0 spiro atoms. The third-order valence-electron chi connectivity index (χ3n) is 2.06. The normalized spacial score (nSPS) is 9.39. The predicted molar refractivity (Wildman–Crippen MR) is 63.1 cm³/mol. The molecule has 0 fully saturated rings. The first-order valence-corrected chi connectivity index (χ1v) is 5.46. The maximum Gasteiger partial charge on any atom is 0.386 e. The molecule has 0 aromatic heterocycles. The third kappa shape index (κ3) is 3.28. The minimum absolute atomic E-state index is 0.0867. The largest absolute Gasteiger partial charge is 0.462 e. The summed E-state index contributed by atoms with van der Waals surface area (Å²) in [7, 11) is 0. The van der Waals surface area contributed by atoms with Crippen molar-refractivity contribution in [3.63, 3.8) is 0 Å². The summed E-state index contributed by atoms with van der Waals surface area (Å²) < 4.78 is 9.62. The Balaban J connectivity index is 3.14. The summed E-state index contributed by atoms with van der Waals surface area (Å²) in [5.74, 6) is -1.18. The number of benzene rings is 1. The summed E-state index contributed by atoms with van der Waals surface area (Å²) >= 11 is 0. The van der Waals surface area contributed by atoms with Crippen molar-refractivity contribution >= 4 is 17.6 Å². The van der Waals surface area contributed by atoms with Crippen LogP contribution in [0.25, 0.3) is 4.98 Å². The summed E-state index contributed by atoms with van der Waals surface area (Å²) in [6.45, 7) is 3.77. The molecule has 0 bridgehead atoms. The molecule has 0 aliphatic carbocycles. The Hall–Kier alpha value is -2.42. The fourth-order valence-electron chi connectivity index (χ4n) is 1.33. The molecule has 94 valence electrons. The van der Waals surface area contributed by atoms with Crippen LogP contribution in [-0.4, -0.2) is 25.2 Å². The van der Waals surface area contributed by atoms with Gasteiger partial charge in [-0.05, 0) is 19.9 Å². The number of ether oxygens (including phenoxy) is 2. The third-order valence-corrected chi connectivity index (χ3v) is 2.06. The molecular weight excluding hydrogens is 236 g/mol. The lowest BCUT2D eigenvalue weighted by Crippen LogP contribution is -2.09. The molecule has 0 aliphatic heterocycles. The number of rotatable bonds is 4. The van der Waals surface area contributed by atoms with E-state index in [1.54, 1.807) is 13.8 Å². The number of esters is 2. The first-order chi connectivity index (χ1) is 8.62. The molecule has 0 amide bonds. The molecule has 0 radical (unpaired) electrons. The average molecular weight is 249 g/mol. The predicted octanol–water partition coefficient (Wildman–Crippen LogP) is 2.52. The first kappa shape index (κ1) is 13.6. The standard InChI is InChI=1S/C12H13N2O4/c1-3-17-11(15)8-5-9(12(16)18-4-2)7-10(6-8)14-13/h5-7H,3-4H2,1-2H3/q+1. The number of carbonyl (C=O) groups excluding carboxylic acids is 2. The number of hydrogen-bond acceptors (Lipinski definition) is 5. The van der Waals surface area contributed by atoms with Gasteiger partial charge in [0.25, 0.3) is 0 Å². The summed E-state index contributed by atoms with van der Waals surface area (Å²) in [6, 6.07) is 3.98. The van der Waals surface area contributed by atoms with Crippen molar-refractivity contribution in [3.05, 3.63) is 34.3 Å². The topological polar surface area (TPSA) is 80.8 Å². The lowest BCUT2D eigenvalue weighted by molar-refractivity contribution is 0.0525. The smallest absolute Gasteiger partial charge is 0.386 e. The second-order valence-corrected chi connectivity index (χ2v) is 3.31. The van der Waals surface area contributed by atoms with Gasteiger partial charge in [-0.15, -0.1) is 0 Å². The molecule has 1 aromatic carbocycles. The molecule has 18 heavy (non-hydrogen) atoms. The molecule has 0 unspecified atom stereocenters. The van der Waals surface area contributed by atoms with Gasteiger partial charge in [-0.1, -0.05) is 0 Å². The number of carbonyl (C=O) groups is 2. The van der Waals surface area contributed by atoms with Crippen molar-refractivity contribution in [1.82, 2.24) is 0 Å². The minimum Gasteiger partial charge on any atom is -0.462 e. The van der Waals surface area contributed by atoms with Gasteiger partial charge in [0.15, 0.2) is 4.98 Å². The quantitative estimate of drug-likeness (QED) is 0.605. The Bertz CT molecular complexity index is 469. The zero-order valence-electron chi connectivity index (χ0n) is 10.2. The average Bonchev–Trinajstić information content (AvgIpc) is 2.38. The van der Waals surface area contributed by atoms with Gasteiger partial charge in [-0.2, -0.15) is 0 Å². The van der Waals surface area contributed by atoms with E-state index in [1.807, 2.05) is 0 Å². The van der Waals surface area contributed by atoms with E-state index in [0.717, 1.165) is 0 Å². The molecule has 1 aromatic rings. The van der Waals surface area contributed by atoms with Crippen molar-refractivity contribution in [2.75, 3.05) is 13.2 Å². The molecule has 0 N–H and O–H groups in total. The number of nitrogens with zero attached hydrogens (tertiary/aromatic N) is 2. The van der Waals surface area contributed by atoms with Crippen LogP contribution < -0.4 is 0 Å². The lowest BCUT2D eigenvalue weighted by Gasteiger charge is -2.03. The second kappa shape index (κ2) is 6.35. The molecule has 0 aliphatic rings. The van der Waals surface area contributed by atoms with Gasteiger partial charge in [-0.25, -0.2) is 9.59 Å². The fourth-order valence-corrected chi connectivity index (χ4v) is 1.33. The highest BCUT2D eigenvalue weighted by atomic mass is 16.5. The first-order valence-electron chi connectivity index (χ1n) is 5.46. The Kier molecular flexibility index (Phi) is 4.81. The van der Waals surface area contributed by atoms with E-state index in [1.165, 1.54) is 18.2 Å². The fraction of sp³-hybridized carbons (Fsp3) is 0.333. The Morgan fingerprint density at radius 3 is 1.83 bits per heavy atom. The van der Waals surface area contributed by atoms with Gasteiger partial charge in [0.2, 0.25) is 5.39 Å². The van der Waals surface area contributed by atoms with Crippen molar-refractivity contribution in [1.29, 1.82) is 5.39 Å². The van der Waals surface area contributed by atoms with Crippen LogP contribution in [0.5, 0.6) is 0 Å². The van der Waals surface area contributed by atoms with E-state index in [2.05, 4.69) is 4.98 Å². The van der Waals surface area contributed by atoms with E-state index in [-0.39, 0.29) is 30.0 Å². The van der Waals surface area contributed by atoms with Crippen LogP contribution in [-0.2, 0) is 9.47 Å². The maximum absolute atomic E-state index is 11.5. The Labute approximate surface area is 104 Å². The SMILES string of the molecule is CCOC(=O)c1cc([N+]#N)cc(C(=O)OCC)c1. The molecule has 6 heteroatoms. The monoisotopic (exact) mass is 249 g/mol. The van der Waals surface area contributed by atoms with E-state index in [0.29, 0.717) is 0 Å². The summed E-state index contributed by atoms with van der Waals surface area (Å²) in [4.78, 5) is 26.1. The summed E-state index contributed by atoms with van der Waals surface area (Å²) in [5.41, 5.74) is 0.356. The van der Waals surface area contributed by atoms with Crippen LogP contribution in [0, 0.1) is 5.39 Å². The van der Waals surface area contributed by atoms with Crippen molar-refractivity contribution < 1.29 is 19.1 Å². The molecule has 0 atom stereocenters. The van der Waals surface area contributed by atoms with Gasteiger partial charge in [0, 0.05) is 12.1 Å². The Morgan fingerprint density at radius 1 is 1.06 bits per heavy atom. The molecule has 1 rings (SSSR count). The highest BCUT2D eigenvalue weighted by Crippen LogP contribution is 2.19. The summed E-state index contributed by atoms with van der Waals surface area (Å²) in [6.07, 6.45) is 0. The van der Waals surface area contributed by atoms with Gasteiger partial charge < -0.3 is 9.47 Å². The van der Waals surface area contributed by atoms with Gasteiger partial charge >= 0.3 is 17.6 Å². The van der Waals surface area contributed by atoms with Crippen LogP contribution in [0.2, 0.25) is 0 Å². The molecule has 0 saturated heterocycles. The Morgan fingerprint density at radius 2 is 1.50 bits per heavy atom. The van der Waals surface area contributed by atoms with E-state index in [9.17, 15) is 9.59 Å². The molecule has 0 heterocycles. The van der Waals surface area contributed by atoms with Crippen LogP contribution in [0.3, 0.4) is 0 Å². The van der Waals surface area contributed by atoms with Crippen LogP contribution >= 0.6 is 0 Å². The second-order valence-electron chi connectivity index (χ2n) is 3.31. The molecule has 6 nitrogen and oxygen atoms in total.